The Balaban J connectivity index is 2.09. The van der Waals surface area contributed by atoms with Gasteiger partial charge in [-0.2, -0.15) is 11.8 Å². The minimum atomic E-state index is 0.750. The van der Waals surface area contributed by atoms with E-state index in [1.54, 1.807) is 0 Å². The van der Waals surface area contributed by atoms with Gasteiger partial charge in [0, 0.05) is 30.9 Å². The first-order valence-corrected chi connectivity index (χ1v) is 8.09. The maximum absolute atomic E-state index is 3.69. The highest BCUT2D eigenvalue weighted by Crippen LogP contribution is 2.17. The highest BCUT2D eigenvalue weighted by atomic mass is 32.2. The molecule has 16 heavy (non-hydrogen) atoms. The number of nitrogens with zero attached hydrogens (tertiary/aromatic N) is 1. The van der Waals surface area contributed by atoms with Crippen LogP contribution in [0.25, 0.3) is 0 Å². The summed E-state index contributed by atoms with van der Waals surface area (Å²) in [6, 6.07) is 1.56. The van der Waals surface area contributed by atoms with E-state index < -0.39 is 0 Å². The predicted octanol–water partition coefficient (Wildman–Crippen LogP) is 2.59. The topological polar surface area (TPSA) is 15.3 Å². The largest absolute Gasteiger partial charge is 0.313 e. The Morgan fingerprint density at radius 1 is 1.38 bits per heavy atom. The maximum atomic E-state index is 3.69. The first kappa shape index (κ1) is 14.3. The zero-order valence-corrected chi connectivity index (χ0v) is 12.0. The van der Waals surface area contributed by atoms with E-state index in [1.807, 2.05) is 11.8 Å². The van der Waals surface area contributed by atoms with Gasteiger partial charge < -0.3 is 10.2 Å². The van der Waals surface area contributed by atoms with Crippen LogP contribution in [0.5, 0.6) is 0 Å². The van der Waals surface area contributed by atoms with Crippen LogP contribution < -0.4 is 5.32 Å². The number of likely N-dealkylation sites (N-methyl/N-ethyl adjacent to an activating group) is 1. The van der Waals surface area contributed by atoms with Gasteiger partial charge in [0.05, 0.1) is 0 Å². The SMILES string of the molecule is CCC(CSC)N(C)CCNC1CCCC1. The van der Waals surface area contributed by atoms with Gasteiger partial charge in [0.25, 0.3) is 0 Å². The van der Waals surface area contributed by atoms with Crippen LogP contribution in [0.4, 0.5) is 0 Å². The quantitative estimate of drug-likeness (QED) is 0.706. The van der Waals surface area contributed by atoms with E-state index in [2.05, 4.69) is 30.4 Å². The van der Waals surface area contributed by atoms with Crippen LogP contribution in [0, 0.1) is 0 Å². The van der Waals surface area contributed by atoms with Gasteiger partial charge in [-0.1, -0.05) is 19.8 Å². The first-order chi connectivity index (χ1) is 7.77. The maximum Gasteiger partial charge on any atom is 0.0181 e. The fourth-order valence-electron chi connectivity index (χ4n) is 2.51. The van der Waals surface area contributed by atoms with Gasteiger partial charge in [0.15, 0.2) is 0 Å². The van der Waals surface area contributed by atoms with Crippen molar-refractivity contribution < 1.29 is 0 Å². The number of rotatable bonds is 8. The normalized spacial score (nSPS) is 19.5. The highest BCUT2D eigenvalue weighted by Gasteiger charge is 2.15. The van der Waals surface area contributed by atoms with E-state index in [1.165, 1.54) is 44.4 Å². The molecule has 3 heteroatoms. The molecule has 2 nitrogen and oxygen atoms in total. The molecule has 1 aliphatic carbocycles. The van der Waals surface area contributed by atoms with Gasteiger partial charge in [-0.05, 0) is 32.6 Å². The number of nitrogens with one attached hydrogen (secondary N) is 1. The molecule has 0 aliphatic heterocycles. The molecule has 0 amide bonds. The summed E-state index contributed by atoms with van der Waals surface area (Å²) in [5.41, 5.74) is 0. The number of thioether (sulfide) groups is 1. The first-order valence-electron chi connectivity index (χ1n) is 6.70. The van der Waals surface area contributed by atoms with Crippen molar-refractivity contribution in [3.8, 4) is 0 Å². The van der Waals surface area contributed by atoms with Crippen molar-refractivity contribution in [1.82, 2.24) is 10.2 Å². The van der Waals surface area contributed by atoms with Crippen molar-refractivity contribution in [2.24, 2.45) is 0 Å². The monoisotopic (exact) mass is 244 g/mol. The second kappa shape index (κ2) is 8.37. The van der Waals surface area contributed by atoms with Crippen LogP contribution in [0.1, 0.15) is 39.0 Å². The van der Waals surface area contributed by atoms with Gasteiger partial charge in [0.2, 0.25) is 0 Å². The van der Waals surface area contributed by atoms with Gasteiger partial charge in [-0.15, -0.1) is 0 Å². The predicted molar refractivity (Wildman–Crippen MR) is 75.3 cm³/mol. The van der Waals surface area contributed by atoms with Gasteiger partial charge in [0.1, 0.15) is 0 Å². The molecular formula is C13H28N2S. The summed E-state index contributed by atoms with van der Waals surface area (Å²) >= 11 is 1.96. The summed E-state index contributed by atoms with van der Waals surface area (Å²) in [5.74, 6) is 1.26. The molecular weight excluding hydrogens is 216 g/mol. The average Bonchev–Trinajstić information content (AvgIpc) is 2.78. The van der Waals surface area contributed by atoms with Crippen LogP contribution in [-0.4, -0.2) is 49.1 Å². The zero-order chi connectivity index (χ0) is 11.8. The van der Waals surface area contributed by atoms with Crippen LogP contribution in [0.15, 0.2) is 0 Å². The van der Waals surface area contributed by atoms with Crippen molar-refractivity contribution >= 4 is 11.8 Å². The van der Waals surface area contributed by atoms with E-state index in [-0.39, 0.29) is 0 Å². The van der Waals surface area contributed by atoms with Gasteiger partial charge in [-0.3, -0.25) is 0 Å². The molecule has 1 N–H and O–H groups in total. The smallest absolute Gasteiger partial charge is 0.0181 e. The zero-order valence-electron chi connectivity index (χ0n) is 11.2. The molecule has 0 aromatic rings. The lowest BCUT2D eigenvalue weighted by Gasteiger charge is -2.27. The molecule has 1 atom stereocenters. The molecule has 0 aromatic carbocycles. The van der Waals surface area contributed by atoms with E-state index >= 15 is 0 Å². The Hall–Kier alpha value is 0.270. The van der Waals surface area contributed by atoms with Crippen molar-refractivity contribution in [2.75, 3.05) is 32.1 Å². The van der Waals surface area contributed by atoms with Crippen molar-refractivity contribution in [3.05, 3.63) is 0 Å². The Labute approximate surface area is 106 Å². The molecule has 0 radical (unpaired) electrons. The lowest BCUT2D eigenvalue weighted by atomic mass is 10.2. The summed E-state index contributed by atoms with van der Waals surface area (Å²) in [7, 11) is 2.26. The molecule has 0 spiro atoms. The highest BCUT2D eigenvalue weighted by molar-refractivity contribution is 7.98. The van der Waals surface area contributed by atoms with Crippen LogP contribution in [0.2, 0.25) is 0 Å². The van der Waals surface area contributed by atoms with Crippen LogP contribution in [0.3, 0.4) is 0 Å². The summed E-state index contributed by atoms with van der Waals surface area (Å²) < 4.78 is 0. The lowest BCUT2D eigenvalue weighted by molar-refractivity contribution is 0.252. The summed E-state index contributed by atoms with van der Waals surface area (Å²) in [6.07, 6.45) is 9.11. The van der Waals surface area contributed by atoms with Crippen LogP contribution in [-0.2, 0) is 0 Å². The third-order valence-corrected chi connectivity index (χ3v) is 4.42. The molecule has 0 heterocycles. The van der Waals surface area contributed by atoms with Crippen molar-refractivity contribution in [3.63, 3.8) is 0 Å². The van der Waals surface area contributed by atoms with E-state index in [0.717, 1.165) is 18.6 Å². The molecule has 96 valence electrons. The standard InChI is InChI=1S/C13H28N2S/c1-4-13(11-16-3)15(2)10-9-14-12-7-5-6-8-12/h12-14H,4-11H2,1-3H3. The minimum absolute atomic E-state index is 0.750. The third-order valence-electron chi connectivity index (χ3n) is 3.71. The molecule has 0 aromatic heterocycles. The Bertz CT molecular complexity index is 169. The van der Waals surface area contributed by atoms with Crippen LogP contribution >= 0.6 is 11.8 Å². The molecule has 1 unspecified atom stereocenters. The number of hydrogen-bond acceptors (Lipinski definition) is 3. The molecule has 0 saturated heterocycles. The lowest BCUT2D eigenvalue weighted by Crippen LogP contribution is -2.40. The Morgan fingerprint density at radius 2 is 2.06 bits per heavy atom. The summed E-state index contributed by atoms with van der Waals surface area (Å²) in [4.78, 5) is 2.51. The minimum Gasteiger partial charge on any atom is -0.313 e. The Morgan fingerprint density at radius 3 is 2.62 bits per heavy atom. The fraction of sp³-hybridized carbons (Fsp3) is 1.00. The number of hydrogen-bond donors (Lipinski definition) is 1. The molecule has 1 saturated carbocycles. The molecule has 1 aliphatic rings. The average molecular weight is 244 g/mol. The Kier molecular flexibility index (Phi) is 7.50. The summed E-state index contributed by atoms with van der Waals surface area (Å²) in [6.45, 7) is 4.64. The second-order valence-corrected chi connectivity index (χ2v) is 5.84. The fourth-order valence-corrected chi connectivity index (χ4v) is 3.38. The molecule has 1 rings (SSSR count). The third kappa shape index (κ3) is 5.07. The van der Waals surface area contributed by atoms with Crippen molar-refractivity contribution in [1.29, 1.82) is 0 Å². The molecule has 0 bridgehead atoms. The molecule has 1 fully saturated rings. The second-order valence-electron chi connectivity index (χ2n) is 4.93. The van der Waals surface area contributed by atoms with E-state index in [4.69, 9.17) is 0 Å². The van der Waals surface area contributed by atoms with Crippen molar-refractivity contribution in [2.45, 2.75) is 51.1 Å². The van der Waals surface area contributed by atoms with E-state index in [9.17, 15) is 0 Å². The summed E-state index contributed by atoms with van der Waals surface area (Å²) in [5, 5.41) is 3.69. The van der Waals surface area contributed by atoms with Gasteiger partial charge >= 0.3 is 0 Å². The van der Waals surface area contributed by atoms with E-state index in [0.29, 0.717) is 0 Å². The van der Waals surface area contributed by atoms with Gasteiger partial charge in [-0.25, -0.2) is 0 Å².